The van der Waals surface area contributed by atoms with Gasteiger partial charge in [-0.05, 0) is 25.5 Å². The van der Waals surface area contributed by atoms with Crippen molar-refractivity contribution in [2.24, 2.45) is 0 Å². The first-order valence-electron chi connectivity index (χ1n) is 7.49. The van der Waals surface area contributed by atoms with Crippen LogP contribution in [0.5, 0.6) is 5.75 Å². The number of esters is 1. The van der Waals surface area contributed by atoms with Crippen molar-refractivity contribution in [1.82, 2.24) is 9.80 Å². The Hall–Kier alpha value is -2.24. The quantitative estimate of drug-likeness (QED) is 0.743. The molecule has 2 aliphatic rings. The lowest BCUT2D eigenvalue weighted by atomic mass is 10.1. The minimum absolute atomic E-state index is 0.0120. The van der Waals surface area contributed by atoms with Crippen LogP contribution in [0.2, 0.25) is 0 Å². The summed E-state index contributed by atoms with van der Waals surface area (Å²) in [6, 6.07) is 5.27. The number of hydrogen-bond donors (Lipinski definition) is 0. The predicted octanol–water partition coefficient (Wildman–Crippen LogP) is 1.88. The second kappa shape index (κ2) is 5.87. The van der Waals surface area contributed by atoms with Gasteiger partial charge in [0.05, 0.1) is 25.3 Å². The summed E-state index contributed by atoms with van der Waals surface area (Å²) in [6.45, 7) is 4.55. The molecule has 0 bridgehead atoms. The first-order valence-corrected chi connectivity index (χ1v) is 7.49. The maximum Gasteiger partial charge on any atom is 0.337 e. The number of carbonyl (C=O) groups excluding carboxylic acids is 2. The number of urea groups is 1. The highest BCUT2D eigenvalue weighted by atomic mass is 16.5. The van der Waals surface area contributed by atoms with Crippen molar-refractivity contribution in [2.45, 2.75) is 25.9 Å². The van der Waals surface area contributed by atoms with Crippen molar-refractivity contribution in [3.63, 3.8) is 0 Å². The molecule has 1 fully saturated rings. The summed E-state index contributed by atoms with van der Waals surface area (Å²) in [5.74, 6) is 0.255. The van der Waals surface area contributed by atoms with E-state index in [0.29, 0.717) is 24.5 Å². The van der Waals surface area contributed by atoms with E-state index in [0.717, 1.165) is 25.1 Å². The number of nitrogens with zero attached hydrogens (tertiary/aromatic N) is 2. The molecular formula is C16H20N2O4. The van der Waals surface area contributed by atoms with Gasteiger partial charge in [0, 0.05) is 18.7 Å². The summed E-state index contributed by atoms with van der Waals surface area (Å²) in [5.41, 5.74) is 1.36. The number of likely N-dealkylation sites (tertiary alicyclic amines) is 1. The molecule has 1 aromatic carbocycles. The molecule has 2 heterocycles. The van der Waals surface area contributed by atoms with Gasteiger partial charge in [0.2, 0.25) is 0 Å². The summed E-state index contributed by atoms with van der Waals surface area (Å²) in [5, 5.41) is 0. The van der Waals surface area contributed by atoms with Gasteiger partial charge in [-0.15, -0.1) is 0 Å². The number of ether oxygens (including phenoxy) is 2. The van der Waals surface area contributed by atoms with E-state index >= 15 is 0 Å². The average Bonchev–Trinajstić information content (AvgIpc) is 2.63. The zero-order chi connectivity index (χ0) is 15.7. The van der Waals surface area contributed by atoms with Crippen LogP contribution in [-0.2, 0) is 11.3 Å². The molecule has 0 spiro atoms. The number of hydrogen-bond acceptors (Lipinski definition) is 4. The molecule has 6 nitrogen and oxygen atoms in total. The molecule has 0 saturated carbocycles. The Morgan fingerprint density at radius 1 is 1.32 bits per heavy atom. The Kier molecular flexibility index (Phi) is 3.92. The first-order chi connectivity index (χ1) is 10.6. The number of carbonyl (C=O) groups is 2. The molecule has 0 radical (unpaired) electrons. The highest BCUT2D eigenvalue weighted by molar-refractivity contribution is 5.90. The monoisotopic (exact) mass is 304 g/mol. The number of rotatable bonds is 1. The maximum absolute atomic E-state index is 12.5. The summed E-state index contributed by atoms with van der Waals surface area (Å²) < 4.78 is 10.5. The highest BCUT2D eigenvalue weighted by Crippen LogP contribution is 2.28. The van der Waals surface area contributed by atoms with Crippen molar-refractivity contribution < 1.29 is 19.1 Å². The van der Waals surface area contributed by atoms with Crippen molar-refractivity contribution in [2.75, 3.05) is 26.8 Å². The Morgan fingerprint density at radius 2 is 2.09 bits per heavy atom. The molecule has 1 saturated heterocycles. The Morgan fingerprint density at radius 3 is 2.73 bits per heavy atom. The van der Waals surface area contributed by atoms with Crippen LogP contribution in [0.1, 0.15) is 29.3 Å². The van der Waals surface area contributed by atoms with Crippen LogP contribution < -0.4 is 4.74 Å². The molecule has 1 atom stereocenters. The standard InChI is InChI=1S/C16H20N2O4/c1-11-10-22-14-8-12(15(19)21-2)4-5-13(14)9-18(11)16(20)17-6-3-7-17/h4-5,8,11H,3,6-7,9-10H2,1-2H3/t11-/m0/s1. The molecule has 6 heteroatoms. The van der Waals surface area contributed by atoms with E-state index in [1.807, 2.05) is 22.8 Å². The van der Waals surface area contributed by atoms with E-state index < -0.39 is 5.97 Å². The number of amides is 2. The van der Waals surface area contributed by atoms with Gasteiger partial charge >= 0.3 is 12.0 Å². The fraction of sp³-hybridized carbons (Fsp3) is 0.500. The average molecular weight is 304 g/mol. The van der Waals surface area contributed by atoms with Crippen molar-refractivity contribution in [3.05, 3.63) is 29.3 Å². The van der Waals surface area contributed by atoms with Crippen molar-refractivity contribution in [1.29, 1.82) is 0 Å². The Balaban J connectivity index is 1.84. The molecule has 0 aliphatic carbocycles. The van der Waals surface area contributed by atoms with E-state index in [-0.39, 0.29) is 12.1 Å². The number of fused-ring (bicyclic) bond motifs is 1. The largest absolute Gasteiger partial charge is 0.491 e. The maximum atomic E-state index is 12.5. The van der Waals surface area contributed by atoms with Gasteiger partial charge in [-0.25, -0.2) is 9.59 Å². The molecule has 1 aromatic rings. The number of benzene rings is 1. The van der Waals surface area contributed by atoms with Gasteiger partial charge in [0.15, 0.2) is 0 Å². The Labute approximate surface area is 129 Å². The molecule has 0 N–H and O–H groups in total. The summed E-state index contributed by atoms with van der Waals surface area (Å²) in [4.78, 5) is 27.8. The summed E-state index contributed by atoms with van der Waals surface area (Å²) >= 11 is 0. The van der Waals surface area contributed by atoms with Gasteiger partial charge in [-0.2, -0.15) is 0 Å². The van der Waals surface area contributed by atoms with E-state index in [4.69, 9.17) is 9.47 Å². The Bertz CT molecular complexity index is 598. The summed E-state index contributed by atoms with van der Waals surface area (Å²) in [6.07, 6.45) is 1.07. The molecule has 0 unspecified atom stereocenters. The summed E-state index contributed by atoms with van der Waals surface area (Å²) in [7, 11) is 1.35. The second-order valence-corrected chi connectivity index (χ2v) is 5.73. The molecule has 2 aliphatic heterocycles. The van der Waals surface area contributed by atoms with E-state index in [1.54, 1.807) is 12.1 Å². The molecule has 3 rings (SSSR count). The van der Waals surface area contributed by atoms with Gasteiger partial charge in [-0.1, -0.05) is 6.07 Å². The van der Waals surface area contributed by atoms with Gasteiger partial charge in [0.1, 0.15) is 12.4 Å². The fourth-order valence-electron chi connectivity index (χ4n) is 2.65. The van der Waals surface area contributed by atoms with Gasteiger partial charge < -0.3 is 19.3 Å². The molecule has 2 amide bonds. The number of methoxy groups -OCH3 is 1. The third kappa shape index (κ3) is 2.61. The zero-order valence-corrected chi connectivity index (χ0v) is 12.9. The predicted molar refractivity (Wildman–Crippen MR) is 79.9 cm³/mol. The van der Waals surface area contributed by atoms with Crippen LogP contribution in [-0.4, -0.2) is 54.6 Å². The van der Waals surface area contributed by atoms with E-state index in [2.05, 4.69) is 0 Å². The third-order valence-corrected chi connectivity index (χ3v) is 4.21. The van der Waals surface area contributed by atoms with Crippen LogP contribution >= 0.6 is 0 Å². The zero-order valence-electron chi connectivity index (χ0n) is 12.9. The van der Waals surface area contributed by atoms with E-state index in [9.17, 15) is 9.59 Å². The first kappa shape index (κ1) is 14.7. The lowest BCUT2D eigenvalue weighted by molar-refractivity contribution is 0.0600. The smallest absolute Gasteiger partial charge is 0.337 e. The fourth-order valence-corrected chi connectivity index (χ4v) is 2.65. The van der Waals surface area contributed by atoms with Gasteiger partial charge in [-0.3, -0.25) is 0 Å². The molecule has 0 aromatic heterocycles. The van der Waals surface area contributed by atoms with Gasteiger partial charge in [0.25, 0.3) is 0 Å². The molecule has 22 heavy (non-hydrogen) atoms. The SMILES string of the molecule is COC(=O)c1ccc2c(c1)OC[C@H](C)N(C(=O)N1CCC1)C2. The molecule has 118 valence electrons. The lowest BCUT2D eigenvalue weighted by Crippen LogP contribution is -2.52. The van der Waals surface area contributed by atoms with Crippen LogP contribution in [0.4, 0.5) is 4.79 Å². The topological polar surface area (TPSA) is 59.1 Å². The van der Waals surface area contributed by atoms with Crippen LogP contribution in [0.15, 0.2) is 18.2 Å². The van der Waals surface area contributed by atoms with Crippen molar-refractivity contribution >= 4 is 12.0 Å². The minimum Gasteiger partial charge on any atom is -0.491 e. The third-order valence-electron chi connectivity index (χ3n) is 4.21. The molecular weight excluding hydrogens is 284 g/mol. The van der Waals surface area contributed by atoms with E-state index in [1.165, 1.54) is 7.11 Å². The van der Waals surface area contributed by atoms with Crippen LogP contribution in [0, 0.1) is 0 Å². The minimum atomic E-state index is -0.391. The van der Waals surface area contributed by atoms with Crippen LogP contribution in [0.3, 0.4) is 0 Å². The van der Waals surface area contributed by atoms with Crippen LogP contribution in [0.25, 0.3) is 0 Å². The normalized spacial score (nSPS) is 20.4. The highest BCUT2D eigenvalue weighted by Gasteiger charge is 2.31. The lowest BCUT2D eigenvalue weighted by Gasteiger charge is -2.37. The second-order valence-electron chi connectivity index (χ2n) is 5.73. The van der Waals surface area contributed by atoms with Crippen molar-refractivity contribution in [3.8, 4) is 5.75 Å².